The van der Waals surface area contributed by atoms with E-state index in [-0.39, 0.29) is 0 Å². The van der Waals surface area contributed by atoms with Crippen LogP contribution in [0.4, 0.5) is 0 Å². The minimum Gasteiger partial charge on any atom is -0.380 e. The molecule has 1 aliphatic heterocycles. The number of piperazine rings is 1. The topological polar surface area (TPSA) is 24.5 Å². The van der Waals surface area contributed by atoms with E-state index in [0.29, 0.717) is 23.6 Å². The zero-order chi connectivity index (χ0) is 12.3. The molecule has 1 N–H and O–H groups in total. The number of hydrogen-bond acceptors (Lipinski definition) is 3. The molecule has 3 unspecified atom stereocenters. The van der Waals surface area contributed by atoms with Crippen molar-refractivity contribution in [2.24, 2.45) is 5.41 Å². The van der Waals surface area contributed by atoms with Gasteiger partial charge in [0.05, 0.1) is 6.10 Å². The van der Waals surface area contributed by atoms with Gasteiger partial charge in [-0.25, -0.2) is 0 Å². The van der Waals surface area contributed by atoms with Gasteiger partial charge in [-0.3, -0.25) is 4.90 Å². The molecule has 0 aliphatic carbocycles. The fraction of sp³-hybridized carbons (Fsp3) is 1.00. The molecule has 96 valence electrons. The highest BCUT2D eigenvalue weighted by Gasteiger charge is 2.34. The molecule has 0 amide bonds. The van der Waals surface area contributed by atoms with Gasteiger partial charge >= 0.3 is 0 Å². The molecule has 0 spiro atoms. The monoisotopic (exact) mass is 228 g/mol. The van der Waals surface area contributed by atoms with E-state index in [1.807, 2.05) is 0 Å². The smallest absolute Gasteiger partial charge is 0.0670 e. The normalized spacial score (nSPS) is 30.4. The van der Waals surface area contributed by atoms with E-state index in [1.165, 1.54) is 0 Å². The molecule has 1 rings (SSSR count). The molecule has 0 aromatic rings. The van der Waals surface area contributed by atoms with Crippen LogP contribution >= 0.6 is 0 Å². The average Bonchev–Trinajstić information content (AvgIpc) is 2.15. The molecular weight excluding hydrogens is 200 g/mol. The molecule has 0 radical (unpaired) electrons. The first-order chi connectivity index (χ1) is 7.34. The number of nitrogens with zero attached hydrogens (tertiary/aromatic N) is 1. The third kappa shape index (κ3) is 3.72. The van der Waals surface area contributed by atoms with Crippen molar-refractivity contribution < 1.29 is 4.74 Å². The minimum absolute atomic E-state index is 0.315. The van der Waals surface area contributed by atoms with Crippen molar-refractivity contribution in [1.82, 2.24) is 10.2 Å². The van der Waals surface area contributed by atoms with E-state index in [4.69, 9.17) is 4.74 Å². The van der Waals surface area contributed by atoms with Crippen LogP contribution in [0.1, 0.15) is 34.6 Å². The molecule has 3 nitrogen and oxygen atoms in total. The largest absolute Gasteiger partial charge is 0.380 e. The highest BCUT2D eigenvalue weighted by Crippen LogP contribution is 2.26. The Hall–Kier alpha value is -0.120. The first-order valence-corrected chi connectivity index (χ1v) is 6.34. The average molecular weight is 228 g/mol. The van der Waals surface area contributed by atoms with Crippen molar-refractivity contribution in [1.29, 1.82) is 0 Å². The molecule has 0 aromatic carbocycles. The van der Waals surface area contributed by atoms with Crippen LogP contribution in [0.5, 0.6) is 0 Å². The molecule has 3 heteroatoms. The van der Waals surface area contributed by atoms with Crippen molar-refractivity contribution >= 4 is 0 Å². The van der Waals surface area contributed by atoms with E-state index < -0.39 is 0 Å². The highest BCUT2D eigenvalue weighted by molar-refractivity contribution is 4.91. The predicted octanol–water partition coefficient (Wildman–Crippen LogP) is 1.73. The maximum Gasteiger partial charge on any atom is 0.0670 e. The Morgan fingerprint density at radius 2 is 2.06 bits per heavy atom. The summed E-state index contributed by atoms with van der Waals surface area (Å²) in [6, 6.07) is 1.18. The first-order valence-electron chi connectivity index (χ1n) is 6.34. The maximum atomic E-state index is 5.39. The van der Waals surface area contributed by atoms with E-state index >= 15 is 0 Å². The van der Waals surface area contributed by atoms with E-state index in [0.717, 1.165) is 19.6 Å². The summed E-state index contributed by atoms with van der Waals surface area (Å²) in [4.78, 5) is 2.58. The standard InChI is InChI=1S/C13H28N2O/c1-10-8-15(9-11(2)16-6)12(7-14-10)13(3,4)5/h10-12,14H,7-9H2,1-6H3. The van der Waals surface area contributed by atoms with Crippen LogP contribution in [0, 0.1) is 5.41 Å². The summed E-state index contributed by atoms with van der Waals surface area (Å²) < 4.78 is 5.39. The molecule has 1 saturated heterocycles. The Balaban J connectivity index is 2.65. The highest BCUT2D eigenvalue weighted by atomic mass is 16.5. The van der Waals surface area contributed by atoms with Gasteiger partial charge in [-0.1, -0.05) is 20.8 Å². The third-order valence-electron chi connectivity index (χ3n) is 3.50. The Morgan fingerprint density at radius 1 is 1.44 bits per heavy atom. The van der Waals surface area contributed by atoms with Gasteiger partial charge in [0.15, 0.2) is 0 Å². The number of ether oxygens (including phenoxy) is 1. The lowest BCUT2D eigenvalue weighted by molar-refractivity contribution is 0.00893. The molecule has 1 fully saturated rings. The Bertz CT molecular complexity index is 212. The van der Waals surface area contributed by atoms with Gasteiger partial charge in [0.1, 0.15) is 0 Å². The second-order valence-electron chi connectivity index (χ2n) is 6.19. The lowest BCUT2D eigenvalue weighted by atomic mass is 9.84. The molecule has 0 aromatic heterocycles. The minimum atomic E-state index is 0.315. The van der Waals surface area contributed by atoms with Crippen molar-refractivity contribution in [3.63, 3.8) is 0 Å². The van der Waals surface area contributed by atoms with Crippen LogP contribution in [0.15, 0.2) is 0 Å². The van der Waals surface area contributed by atoms with Crippen LogP contribution in [0.25, 0.3) is 0 Å². The molecular formula is C13H28N2O. The number of hydrogen-bond donors (Lipinski definition) is 1. The molecule has 0 saturated carbocycles. The maximum absolute atomic E-state index is 5.39. The van der Waals surface area contributed by atoms with Crippen molar-refractivity contribution in [2.45, 2.75) is 52.8 Å². The van der Waals surface area contributed by atoms with Crippen molar-refractivity contribution in [2.75, 3.05) is 26.7 Å². The SMILES string of the molecule is COC(C)CN1CC(C)NCC1C(C)(C)C. The Morgan fingerprint density at radius 3 is 2.56 bits per heavy atom. The van der Waals surface area contributed by atoms with Crippen molar-refractivity contribution in [3.05, 3.63) is 0 Å². The number of nitrogens with one attached hydrogen (secondary N) is 1. The lowest BCUT2D eigenvalue weighted by Crippen LogP contribution is -2.61. The molecule has 16 heavy (non-hydrogen) atoms. The Kier molecular flexibility index (Phi) is 4.77. The molecule has 1 heterocycles. The summed E-state index contributed by atoms with van der Waals surface area (Å²) >= 11 is 0. The quantitative estimate of drug-likeness (QED) is 0.796. The lowest BCUT2D eigenvalue weighted by Gasteiger charge is -2.46. The number of methoxy groups -OCH3 is 1. The summed E-state index contributed by atoms with van der Waals surface area (Å²) in [6.45, 7) is 14.6. The van der Waals surface area contributed by atoms with Gasteiger partial charge in [0.2, 0.25) is 0 Å². The predicted molar refractivity (Wildman–Crippen MR) is 68.8 cm³/mol. The zero-order valence-electron chi connectivity index (χ0n) is 11.7. The van der Waals surface area contributed by atoms with Crippen molar-refractivity contribution in [3.8, 4) is 0 Å². The fourth-order valence-electron chi connectivity index (χ4n) is 2.45. The molecule has 3 atom stereocenters. The van der Waals surface area contributed by atoms with Gasteiger partial charge in [-0.05, 0) is 19.3 Å². The summed E-state index contributed by atoms with van der Waals surface area (Å²) in [6.07, 6.45) is 0.315. The fourth-order valence-corrected chi connectivity index (χ4v) is 2.45. The summed E-state index contributed by atoms with van der Waals surface area (Å²) in [5, 5.41) is 3.58. The van der Waals surface area contributed by atoms with Crippen LogP contribution in [-0.2, 0) is 4.74 Å². The molecule has 1 aliphatic rings. The summed E-state index contributed by atoms with van der Waals surface area (Å²) in [7, 11) is 1.79. The van der Waals surface area contributed by atoms with Gasteiger partial charge in [-0.15, -0.1) is 0 Å². The van der Waals surface area contributed by atoms with Gasteiger partial charge in [0, 0.05) is 38.8 Å². The number of rotatable bonds is 3. The van der Waals surface area contributed by atoms with E-state index in [9.17, 15) is 0 Å². The third-order valence-corrected chi connectivity index (χ3v) is 3.50. The van der Waals surface area contributed by atoms with Crippen LogP contribution in [-0.4, -0.2) is 49.8 Å². The zero-order valence-corrected chi connectivity index (χ0v) is 11.7. The summed E-state index contributed by atoms with van der Waals surface area (Å²) in [5.41, 5.74) is 0.320. The van der Waals surface area contributed by atoms with E-state index in [2.05, 4.69) is 44.8 Å². The van der Waals surface area contributed by atoms with Gasteiger partial charge in [0.25, 0.3) is 0 Å². The Labute approximate surface area is 101 Å². The second-order valence-corrected chi connectivity index (χ2v) is 6.19. The van der Waals surface area contributed by atoms with Gasteiger partial charge < -0.3 is 10.1 Å². The second kappa shape index (κ2) is 5.48. The van der Waals surface area contributed by atoms with Crippen LogP contribution in [0.3, 0.4) is 0 Å². The molecule has 0 bridgehead atoms. The van der Waals surface area contributed by atoms with Crippen LogP contribution < -0.4 is 5.32 Å². The van der Waals surface area contributed by atoms with Crippen LogP contribution in [0.2, 0.25) is 0 Å². The van der Waals surface area contributed by atoms with Gasteiger partial charge in [-0.2, -0.15) is 0 Å². The summed E-state index contributed by atoms with van der Waals surface area (Å²) in [5.74, 6) is 0. The van der Waals surface area contributed by atoms with E-state index in [1.54, 1.807) is 7.11 Å². The first kappa shape index (κ1) is 13.9.